The van der Waals surface area contributed by atoms with Gasteiger partial charge < -0.3 is 5.11 Å². The van der Waals surface area contributed by atoms with Crippen LogP contribution in [0.4, 0.5) is 4.39 Å². The minimum absolute atomic E-state index is 0.160. The van der Waals surface area contributed by atoms with Crippen LogP contribution in [0.3, 0.4) is 0 Å². The SMILES string of the molecule is OCc1cc2ccccc2c(-c2ccccc2F)n1. The Labute approximate surface area is 110 Å². The molecule has 0 unspecified atom stereocenters. The Kier molecular flexibility index (Phi) is 2.97. The van der Waals surface area contributed by atoms with Gasteiger partial charge in [0.1, 0.15) is 5.82 Å². The van der Waals surface area contributed by atoms with Crippen LogP contribution in [-0.4, -0.2) is 10.1 Å². The average Bonchev–Trinajstić information content (AvgIpc) is 2.46. The molecule has 0 atom stereocenters. The molecule has 0 saturated heterocycles. The minimum atomic E-state index is -0.310. The molecule has 0 aliphatic carbocycles. The molecule has 0 radical (unpaired) electrons. The molecule has 0 aliphatic heterocycles. The van der Waals surface area contributed by atoms with Gasteiger partial charge in [0.05, 0.1) is 18.0 Å². The molecule has 3 rings (SSSR count). The van der Waals surface area contributed by atoms with Gasteiger partial charge in [0.15, 0.2) is 0 Å². The van der Waals surface area contributed by atoms with Crippen LogP contribution < -0.4 is 0 Å². The highest BCUT2D eigenvalue weighted by atomic mass is 19.1. The maximum atomic E-state index is 13.9. The Balaban J connectivity index is 2.36. The van der Waals surface area contributed by atoms with E-state index in [0.717, 1.165) is 10.8 Å². The van der Waals surface area contributed by atoms with E-state index in [1.165, 1.54) is 6.07 Å². The highest BCUT2D eigenvalue weighted by Gasteiger charge is 2.11. The summed E-state index contributed by atoms with van der Waals surface area (Å²) in [6.07, 6.45) is 0. The van der Waals surface area contributed by atoms with E-state index in [1.54, 1.807) is 18.2 Å². The lowest BCUT2D eigenvalue weighted by Crippen LogP contribution is -1.95. The predicted molar refractivity (Wildman–Crippen MR) is 73.1 cm³/mol. The highest BCUT2D eigenvalue weighted by Crippen LogP contribution is 2.29. The van der Waals surface area contributed by atoms with E-state index in [-0.39, 0.29) is 12.4 Å². The van der Waals surface area contributed by atoms with Gasteiger partial charge >= 0.3 is 0 Å². The smallest absolute Gasteiger partial charge is 0.132 e. The van der Waals surface area contributed by atoms with Crippen LogP contribution >= 0.6 is 0 Å². The molecule has 94 valence electrons. The predicted octanol–water partition coefficient (Wildman–Crippen LogP) is 3.53. The molecule has 1 heterocycles. The van der Waals surface area contributed by atoms with Crippen molar-refractivity contribution in [1.29, 1.82) is 0 Å². The number of nitrogens with zero attached hydrogens (tertiary/aromatic N) is 1. The van der Waals surface area contributed by atoms with E-state index in [9.17, 15) is 9.50 Å². The van der Waals surface area contributed by atoms with Crippen molar-refractivity contribution in [3.8, 4) is 11.3 Å². The Morgan fingerprint density at radius 1 is 1.00 bits per heavy atom. The standard InChI is InChI=1S/C16H12FNO/c17-15-8-4-3-7-14(15)16-13-6-2-1-5-11(13)9-12(10-19)18-16/h1-9,19H,10H2. The summed E-state index contributed by atoms with van der Waals surface area (Å²) in [5, 5.41) is 11.1. The van der Waals surface area contributed by atoms with Crippen molar-refractivity contribution in [2.45, 2.75) is 6.61 Å². The molecular weight excluding hydrogens is 241 g/mol. The van der Waals surface area contributed by atoms with Crippen molar-refractivity contribution in [3.05, 3.63) is 66.1 Å². The van der Waals surface area contributed by atoms with E-state index in [1.807, 2.05) is 30.3 Å². The molecule has 2 aromatic carbocycles. The first-order chi connectivity index (χ1) is 9.29. The van der Waals surface area contributed by atoms with Gasteiger partial charge in [-0.1, -0.05) is 36.4 Å². The van der Waals surface area contributed by atoms with E-state index in [0.29, 0.717) is 17.0 Å². The third-order valence-electron chi connectivity index (χ3n) is 3.08. The van der Waals surface area contributed by atoms with Crippen molar-refractivity contribution in [3.63, 3.8) is 0 Å². The highest BCUT2D eigenvalue weighted by molar-refractivity contribution is 5.94. The van der Waals surface area contributed by atoms with Crippen LogP contribution in [0.25, 0.3) is 22.0 Å². The number of fused-ring (bicyclic) bond motifs is 1. The van der Waals surface area contributed by atoms with Crippen LogP contribution in [0.1, 0.15) is 5.69 Å². The average molecular weight is 253 g/mol. The van der Waals surface area contributed by atoms with Crippen molar-refractivity contribution in [2.24, 2.45) is 0 Å². The van der Waals surface area contributed by atoms with Gasteiger partial charge in [-0.15, -0.1) is 0 Å². The molecule has 2 nitrogen and oxygen atoms in total. The molecule has 0 spiro atoms. The summed E-state index contributed by atoms with van der Waals surface area (Å²) in [5.41, 5.74) is 1.56. The maximum Gasteiger partial charge on any atom is 0.132 e. The molecule has 0 amide bonds. The summed E-state index contributed by atoms with van der Waals surface area (Å²) >= 11 is 0. The first-order valence-electron chi connectivity index (χ1n) is 6.04. The second kappa shape index (κ2) is 4.78. The van der Waals surface area contributed by atoms with Gasteiger partial charge in [-0.25, -0.2) is 9.37 Å². The first kappa shape index (κ1) is 11.8. The number of aliphatic hydroxyl groups excluding tert-OH is 1. The van der Waals surface area contributed by atoms with Crippen molar-refractivity contribution in [2.75, 3.05) is 0 Å². The van der Waals surface area contributed by atoms with Crippen molar-refractivity contribution >= 4 is 10.8 Å². The quantitative estimate of drug-likeness (QED) is 0.757. The number of aromatic nitrogens is 1. The van der Waals surface area contributed by atoms with Crippen LogP contribution in [0.15, 0.2) is 54.6 Å². The van der Waals surface area contributed by atoms with Gasteiger partial charge in [0.2, 0.25) is 0 Å². The van der Waals surface area contributed by atoms with Gasteiger partial charge in [-0.05, 0) is 23.6 Å². The minimum Gasteiger partial charge on any atom is -0.390 e. The van der Waals surface area contributed by atoms with Gasteiger partial charge in [0, 0.05) is 10.9 Å². The lowest BCUT2D eigenvalue weighted by molar-refractivity contribution is 0.277. The monoisotopic (exact) mass is 253 g/mol. The number of aliphatic hydroxyl groups is 1. The zero-order valence-electron chi connectivity index (χ0n) is 10.2. The summed E-state index contributed by atoms with van der Waals surface area (Å²) in [7, 11) is 0. The van der Waals surface area contributed by atoms with Crippen LogP contribution in [0.5, 0.6) is 0 Å². The summed E-state index contributed by atoms with van der Waals surface area (Å²) in [6.45, 7) is -0.160. The topological polar surface area (TPSA) is 33.1 Å². The molecule has 0 bridgehead atoms. The molecule has 0 fully saturated rings. The normalized spacial score (nSPS) is 10.8. The lowest BCUT2D eigenvalue weighted by Gasteiger charge is -2.09. The summed E-state index contributed by atoms with van der Waals surface area (Å²) in [4.78, 5) is 4.36. The van der Waals surface area contributed by atoms with Gasteiger partial charge in [-0.2, -0.15) is 0 Å². The van der Waals surface area contributed by atoms with Gasteiger partial charge in [-0.3, -0.25) is 0 Å². The Bertz CT molecular complexity index is 740. The van der Waals surface area contributed by atoms with E-state index >= 15 is 0 Å². The zero-order chi connectivity index (χ0) is 13.2. The van der Waals surface area contributed by atoms with Gasteiger partial charge in [0.25, 0.3) is 0 Å². The fourth-order valence-corrected chi connectivity index (χ4v) is 2.19. The maximum absolute atomic E-state index is 13.9. The van der Waals surface area contributed by atoms with Crippen LogP contribution in [0.2, 0.25) is 0 Å². The molecule has 0 aliphatic rings. The second-order valence-corrected chi connectivity index (χ2v) is 4.32. The number of hydrogen-bond acceptors (Lipinski definition) is 2. The number of pyridine rings is 1. The molecule has 1 N–H and O–H groups in total. The number of benzene rings is 2. The molecule has 1 aromatic heterocycles. The van der Waals surface area contributed by atoms with Crippen LogP contribution in [-0.2, 0) is 6.61 Å². The number of halogens is 1. The Morgan fingerprint density at radius 2 is 1.74 bits per heavy atom. The molecular formula is C16H12FNO. The Morgan fingerprint density at radius 3 is 2.53 bits per heavy atom. The van der Waals surface area contributed by atoms with E-state index in [2.05, 4.69) is 4.98 Å². The second-order valence-electron chi connectivity index (χ2n) is 4.32. The molecule has 19 heavy (non-hydrogen) atoms. The number of hydrogen-bond donors (Lipinski definition) is 1. The fraction of sp³-hybridized carbons (Fsp3) is 0.0625. The Hall–Kier alpha value is -2.26. The summed E-state index contributed by atoms with van der Waals surface area (Å²) in [5.74, 6) is -0.310. The number of rotatable bonds is 2. The summed E-state index contributed by atoms with van der Waals surface area (Å²) in [6, 6.07) is 16.0. The van der Waals surface area contributed by atoms with Crippen LogP contribution in [0, 0.1) is 5.82 Å². The van der Waals surface area contributed by atoms with E-state index in [4.69, 9.17) is 0 Å². The summed E-state index contributed by atoms with van der Waals surface area (Å²) < 4.78 is 13.9. The third kappa shape index (κ3) is 2.09. The zero-order valence-corrected chi connectivity index (χ0v) is 10.2. The lowest BCUT2D eigenvalue weighted by atomic mass is 10.0. The largest absolute Gasteiger partial charge is 0.390 e. The third-order valence-corrected chi connectivity index (χ3v) is 3.08. The molecule has 0 saturated carbocycles. The van der Waals surface area contributed by atoms with E-state index < -0.39 is 0 Å². The molecule has 3 heteroatoms. The van der Waals surface area contributed by atoms with Crippen molar-refractivity contribution in [1.82, 2.24) is 4.98 Å². The van der Waals surface area contributed by atoms with Crippen molar-refractivity contribution < 1.29 is 9.50 Å². The molecule has 3 aromatic rings. The first-order valence-corrected chi connectivity index (χ1v) is 6.04. The fourth-order valence-electron chi connectivity index (χ4n) is 2.19.